The summed E-state index contributed by atoms with van der Waals surface area (Å²) in [7, 11) is 1.93. The minimum absolute atomic E-state index is 0.155. The molecular formula is C16H27N3O. The molecule has 1 aromatic carbocycles. The molecule has 1 unspecified atom stereocenters. The zero-order chi connectivity index (χ0) is 15.2. The molecule has 0 heterocycles. The maximum atomic E-state index is 11.9. The molecule has 0 fully saturated rings. The average Bonchev–Trinajstić information content (AvgIpc) is 2.37. The Labute approximate surface area is 122 Å². The van der Waals surface area contributed by atoms with Gasteiger partial charge in [-0.05, 0) is 51.9 Å². The van der Waals surface area contributed by atoms with Crippen LogP contribution in [0.15, 0.2) is 24.3 Å². The van der Waals surface area contributed by atoms with Crippen LogP contribution in [0.25, 0.3) is 0 Å². The molecule has 0 bridgehead atoms. The predicted molar refractivity (Wildman–Crippen MR) is 85.1 cm³/mol. The van der Waals surface area contributed by atoms with E-state index in [2.05, 4.69) is 29.8 Å². The van der Waals surface area contributed by atoms with Gasteiger partial charge in [-0.3, -0.25) is 0 Å². The van der Waals surface area contributed by atoms with E-state index in [1.165, 1.54) is 5.56 Å². The molecular weight excluding hydrogens is 250 g/mol. The molecule has 0 saturated carbocycles. The van der Waals surface area contributed by atoms with Crippen molar-refractivity contribution in [2.24, 2.45) is 0 Å². The summed E-state index contributed by atoms with van der Waals surface area (Å²) in [6.07, 6.45) is 2.00. The number of rotatable bonds is 6. The van der Waals surface area contributed by atoms with Crippen LogP contribution in [0.5, 0.6) is 0 Å². The summed E-state index contributed by atoms with van der Waals surface area (Å²) >= 11 is 0. The second-order valence-corrected chi connectivity index (χ2v) is 5.85. The molecule has 112 valence electrons. The van der Waals surface area contributed by atoms with Gasteiger partial charge < -0.3 is 16.0 Å². The van der Waals surface area contributed by atoms with Crippen LogP contribution in [0.2, 0.25) is 0 Å². The smallest absolute Gasteiger partial charge is 0.319 e. The molecule has 1 atom stereocenters. The quantitative estimate of drug-likeness (QED) is 0.743. The molecule has 20 heavy (non-hydrogen) atoms. The first-order valence-corrected chi connectivity index (χ1v) is 7.24. The molecule has 0 aliphatic heterocycles. The summed E-state index contributed by atoms with van der Waals surface area (Å²) in [6.45, 7) is 8.28. The number of anilines is 1. The van der Waals surface area contributed by atoms with E-state index < -0.39 is 0 Å². The van der Waals surface area contributed by atoms with Gasteiger partial charge in [0.2, 0.25) is 0 Å². The minimum Gasteiger partial charge on any atom is -0.333 e. The van der Waals surface area contributed by atoms with E-state index in [-0.39, 0.29) is 11.6 Å². The molecule has 3 N–H and O–H groups in total. The van der Waals surface area contributed by atoms with E-state index in [1.54, 1.807) is 0 Å². The van der Waals surface area contributed by atoms with E-state index >= 15 is 0 Å². The molecule has 1 aromatic rings. The standard InChI is InChI=1S/C16H27N3O/c1-6-11-16(3,4)19-15(20)18-14-9-7-13(8-10-14)12(2)17-5/h7-10,12,17H,6,11H2,1-5H3,(H2,18,19,20). The Hall–Kier alpha value is -1.55. The fraction of sp³-hybridized carbons (Fsp3) is 0.562. The Morgan fingerprint density at radius 3 is 2.35 bits per heavy atom. The van der Waals surface area contributed by atoms with Crippen molar-refractivity contribution in [1.82, 2.24) is 10.6 Å². The van der Waals surface area contributed by atoms with Crippen molar-refractivity contribution >= 4 is 11.7 Å². The molecule has 0 saturated heterocycles. The van der Waals surface area contributed by atoms with Crippen LogP contribution in [-0.2, 0) is 0 Å². The molecule has 4 nitrogen and oxygen atoms in total. The van der Waals surface area contributed by atoms with Crippen LogP contribution < -0.4 is 16.0 Å². The number of carbonyl (C=O) groups excluding carboxylic acids is 1. The summed E-state index contributed by atoms with van der Waals surface area (Å²) in [5.74, 6) is 0. The van der Waals surface area contributed by atoms with Crippen molar-refractivity contribution in [1.29, 1.82) is 0 Å². The molecule has 0 aliphatic rings. The highest BCUT2D eigenvalue weighted by atomic mass is 16.2. The van der Waals surface area contributed by atoms with Gasteiger partial charge in [0.25, 0.3) is 0 Å². The Balaban J connectivity index is 2.58. The monoisotopic (exact) mass is 277 g/mol. The lowest BCUT2D eigenvalue weighted by atomic mass is 9.99. The van der Waals surface area contributed by atoms with Gasteiger partial charge in [0, 0.05) is 17.3 Å². The third-order valence-electron chi connectivity index (χ3n) is 3.43. The van der Waals surface area contributed by atoms with E-state index in [1.807, 2.05) is 45.2 Å². The highest BCUT2D eigenvalue weighted by Gasteiger charge is 2.18. The van der Waals surface area contributed by atoms with Crippen LogP contribution >= 0.6 is 0 Å². The fourth-order valence-electron chi connectivity index (χ4n) is 2.18. The van der Waals surface area contributed by atoms with E-state index in [0.717, 1.165) is 18.5 Å². The van der Waals surface area contributed by atoms with Crippen molar-refractivity contribution in [2.45, 2.75) is 52.1 Å². The Bertz CT molecular complexity index is 426. The lowest BCUT2D eigenvalue weighted by molar-refractivity contribution is 0.239. The number of hydrogen-bond donors (Lipinski definition) is 3. The first-order chi connectivity index (χ1) is 9.38. The molecule has 0 radical (unpaired) electrons. The second kappa shape index (κ2) is 7.29. The summed E-state index contributed by atoms with van der Waals surface area (Å²) < 4.78 is 0. The van der Waals surface area contributed by atoms with Gasteiger partial charge in [-0.25, -0.2) is 4.79 Å². The number of amides is 2. The number of hydrogen-bond acceptors (Lipinski definition) is 2. The van der Waals surface area contributed by atoms with Crippen LogP contribution in [0.4, 0.5) is 10.5 Å². The van der Waals surface area contributed by atoms with E-state index in [0.29, 0.717) is 6.04 Å². The van der Waals surface area contributed by atoms with Gasteiger partial charge in [0.1, 0.15) is 0 Å². The molecule has 4 heteroatoms. The first kappa shape index (κ1) is 16.5. The first-order valence-electron chi connectivity index (χ1n) is 7.24. The molecule has 0 spiro atoms. The maximum Gasteiger partial charge on any atom is 0.319 e. The number of benzene rings is 1. The Morgan fingerprint density at radius 2 is 1.85 bits per heavy atom. The molecule has 2 amide bonds. The van der Waals surface area contributed by atoms with Crippen LogP contribution in [0, 0.1) is 0 Å². The topological polar surface area (TPSA) is 53.2 Å². The fourth-order valence-corrected chi connectivity index (χ4v) is 2.18. The normalized spacial score (nSPS) is 12.8. The van der Waals surface area contributed by atoms with Gasteiger partial charge in [0.05, 0.1) is 0 Å². The minimum atomic E-state index is -0.181. The van der Waals surface area contributed by atoms with Crippen molar-refractivity contribution in [3.05, 3.63) is 29.8 Å². The summed E-state index contributed by atoms with van der Waals surface area (Å²) in [5.41, 5.74) is 1.82. The van der Waals surface area contributed by atoms with E-state index in [9.17, 15) is 4.79 Å². The van der Waals surface area contributed by atoms with Crippen molar-refractivity contribution in [3.8, 4) is 0 Å². The van der Waals surface area contributed by atoms with Crippen LogP contribution in [-0.4, -0.2) is 18.6 Å². The van der Waals surface area contributed by atoms with E-state index in [4.69, 9.17) is 0 Å². The largest absolute Gasteiger partial charge is 0.333 e. The summed E-state index contributed by atoms with van der Waals surface area (Å²) in [6, 6.07) is 8.05. The van der Waals surface area contributed by atoms with Crippen molar-refractivity contribution < 1.29 is 4.79 Å². The second-order valence-electron chi connectivity index (χ2n) is 5.85. The van der Waals surface area contributed by atoms with Gasteiger partial charge in [0.15, 0.2) is 0 Å². The third kappa shape index (κ3) is 5.21. The van der Waals surface area contributed by atoms with Crippen LogP contribution in [0.1, 0.15) is 52.1 Å². The molecule has 0 aromatic heterocycles. The highest BCUT2D eigenvalue weighted by molar-refractivity contribution is 5.89. The van der Waals surface area contributed by atoms with Gasteiger partial charge in [-0.2, -0.15) is 0 Å². The maximum absolute atomic E-state index is 11.9. The van der Waals surface area contributed by atoms with Gasteiger partial charge in [-0.15, -0.1) is 0 Å². The van der Waals surface area contributed by atoms with Crippen LogP contribution in [0.3, 0.4) is 0 Å². The zero-order valence-corrected chi connectivity index (χ0v) is 13.2. The SMILES string of the molecule is CCCC(C)(C)NC(=O)Nc1ccc(C(C)NC)cc1. The zero-order valence-electron chi connectivity index (χ0n) is 13.2. The average molecular weight is 277 g/mol. The van der Waals surface area contributed by atoms with Crippen molar-refractivity contribution in [2.75, 3.05) is 12.4 Å². The Kier molecular flexibility index (Phi) is 6.02. The van der Waals surface area contributed by atoms with Crippen molar-refractivity contribution in [3.63, 3.8) is 0 Å². The summed E-state index contributed by atoms with van der Waals surface area (Å²) in [5, 5.41) is 9.05. The van der Waals surface area contributed by atoms with Gasteiger partial charge in [-0.1, -0.05) is 25.5 Å². The lowest BCUT2D eigenvalue weighted by Gasteiger charge is -2.25. The number of nitrogens with one attached hydrogen (secondary N) is 3. The summed E-state index contributed by atoms with van der Waals surface area (Å²) in [4.78, 5) is 11.9. The lowest BCUT2D eigenvalue weighted by Crippen LogP contribution is -2.45. The third-order valence-corrected chi connectivity index (χ3v) is 3.43. The Morgan fingerprint density at radius 1 is 1.25 bits per heavy atom. The number of carbonyl (C=O) groups is 1. The number of urea groups is 1. The molecule has 1 rings (SSSR count). The predicted octanol–water partition coefficient (Wildman–Crippen LogP) is 3.67. The highest BCUT2D eigenvalue weighted by Crippen LogP contribution is 2.16. The van der Waals surface area contributed by atoms with Gasteiger partial charge >= 0.3 is 6.03 Å². The molecule has 0 aliphatic carbocycles.